The number of amides is 1. The van der Waals surface area contributed by atoms with Crippen LogP contribution < -0.4 is 14.8 Å². The van der Waals surface area contributed by atoms with Crippen molar-refractivity contribution in [1.82, 2.24) is 5.32 Å². The summed E-state index contributed by atoms with van der Waals surface area (Å²) in [7, 11) is 1.66. The summed E-state index contributed by atoms with van der Waals surface area (Å²) in [6, 6.07) is 11.8. The van der Waals surface area contributed by atoms with Crippen molar-refractivity contribution in [3.8, 4) is 11.5 Å². The van der Waals surface area contributed by atoms with Crippen molar-refractivity contribution in [2.75, 3.05) is 20.3 Å². The Hall–Kier alpha value is -2.01. The fourth-order valence-electron chi connectivity index (χ4n) is 2.50. The van der Waals surface area contributed by atoms with E-state index in [0.29, 0.717) is 12.3 Å². The molecule has 134 valence electrons. The lowest BCUT2D eigenvalue weighted by molar-refractivity contribution is -0.123. The first-order valence-electron chi connectivity index (χ1n) is 8.29. The van der Waals surface area contributed by atoms with E-state index >= 15 is 0 Å². The van der Waals surface area contributed by atoms with Crippen LogP contribution in [0.25, 0.3) is 0 Å². The highest BCUT2D eigenvalue weighted by molar-refractivity contribution is 9.10. The van der Waals surface area contributed by atoms with Crippen LogP contribution in [0.3, 0.4) is 0 Å². The highest BCUT2D eigenvalue weighted by Crippen LogP contribution is 2.26. The Morgan fingerprint density at radius 2 is 1.72 bits per heavy atom. The number of aryl methyl sites for hydroxylation is 3. The maximum absolute atomic E-state index is 11.9. The molecule has 0 aliphatic heterocycles. The molecule has 0 spiro atoms. The largest absolute Gasteiger partial charge is 0.497 e. The summed E-state index contributed by atoms with van der Waals surface area (Å²) in [5.74, 6) is 1.46. The number of carbonyl (C=O) groups is 1. The molecule has 0 bridgehead atoms. The van der Waals surface area contributed by atoms with Crippen molar-refractivity contribution in [2.45, 2.75) is 26.7 Å². The van der Waals surface area contributed by atoms with Gasteiger partial charge in [0.05, 0.1) is 7.11 Å². The van der Waals surface area contributed by atoms with Crippen molar-refractivity contribution >= 4 is 21.8 Å². The maximum Gasteiger partial charge on any atom is 0.257 e. The van der Waals surface area contributed by atoms with Crippen LogP contribution in [0.4, 0.5) is 0 Å². The van der Waals surface area contributed by atoms with E-state index in [-0.39, 0.29) is 12.5 Å². The number of methoxy groups -OCH3 is 1. The van der Waals surface area contributed by atoms with Crippen molar-refractivity contribution in [2.24, 2.45) is 0 Å². The van der Waals surface area contributed by atoms with Crippen LogP contribution >= 0.6 is 15.9 Å². The second-order valence-electron chi connectivity index (χ2n) is 5.96. The zero-order valence-electron chi connectivity index (χ0n) is 14.9. The van der Waals surface area contributed by atoms with E-state index in [2.05, 4.69) is 21.2 Å². The zero-order valence-corrected chi connectivity index (χ0v) is 16.5. The van der Waals surface area contributed by atoms with Gasteiger partial charge < -0.3 is 14.8 Å². The fraction of sp³-hybridized carbons (Fsp3) is 0.350. The topological polar surface area (TPSA) is 47.6 Å². The molecule has 2 rings (SSSR count). The summed E-state index contributed by atoms with van der Waals surface area (Å²) in [4.78, 5) is 11.9. The third kappa shape index (κ3) is 6.09. The molecule has 2 aromatic carbocycles. The van der Waals surface area contributed by atoms with E-state index in [1.807, 2.05) is 50.2 Å². The van der Waals surface area contributed by atoms with Gasteiger partial charge in [-0.1, -0.05) is 28.1 Å². The van der Waals surface area contributed by atoms with Gasteiger partial charge in [-0.05, 0) is 67.6 Å². The Morgan fingerprint density at radius 1 is 1.08 bits per heavy atom. The standard InChI is InChI=1S/C20H24BrNO3/c1-14-11-18(12-15(2)20(14)21)25-13-19(23)22-10-4-5-16-6-8-17(24-3)9-7-16/h6-9,11-12H,4-5,10,13H2,1-3H3,(H,22,23). The van der Waals surface area contributed by atoms with E-state index in [9.17, 15) is 4.79 Å². The molecule has 0 saturated heterocycles. The molecule has 5 heteroatoms. The molecule has 1 N–H and O–H groups in total. The van der Waals surface area contributed by atoms with Crippen molar-refractivity contribution in [1.29, 1.82) is 0 Å². The van der Waals surface area contributed by atoms with Crippen LogP contribution in [0.2, 0.25) is 0 Å². The van der Waals surface area contributed by atoms with Gasteiger partial charge in [-0.25, -0.2) is 0 Å². The van der Waals surface area contributed by atoms with Crippen LogP contribution in [0.1, 0.15) is 23.1 Å². The predicted molar refractivity (Wildman–Crippen MR) is 103 cm³/mol. The van der Waals surface area contributed by atoms with Gasteiger partial charge in [0.1, 0.15) is 11.5 Å². The summed E-state index contributed by atoms with van der Waals surface area (Å²) < 4.78 is 11.8. The number of hydrogen-bond donors (Lipinski definition) is 1. The number of halogens is 1. The lowest BCUT2D eigenvalue weighted by Crippen LogP contribution is -2.29. The Kier molecular flexibility index (Phi) is 7.31. The normalized spacial score (nSPS) is 10.4. The molecular weight excluding hydrogens is 382 g/mol. The van der Waals surface area contributed by atoms with E-state index in [1.165, 1.54) is 5.56 Å². The lowest BCUT2D eigenvalue weighted by Gasteiger charge is -2.10. The average Bonchev–Trinajstić information content (AvgIpc) is 2.62. The average molecular weight is 406 g/mol. The molecule has 2 aromatic rings. The van der Waals surface area contributed by atoms with Crippen LogP contribution in [-0.4, -0.2) is 26.2 Å². The molecule has 0 radical (unpaired) electrons. The monoisotopic (exact) mass is 405 g/mol. The smallest absolute Gasteiger partial charge is 0.257 e. The van der Waals surface area contributed by atoms with Gasteiger partial charge in [0.25, 0.3) is 5.91 Å². The van der Waals surface area contributed by atoms with Crippen molar-refractivity contribution in [3.05, 3.63) is 57.6 Å². The summed E-state index contributed by atoms with van der Waals surface area (Å²) in [6.07, 6.45) is 1.80. The van der Waals surface area contributed by atoms with Gasteiger partial charge in [-0.2, -0.15) is 0 Å². The van der Waals surface area contributed by atoms with Gasteiger partial charge >= 0.3 is 0 Å². The molecule has 0 unspecified atom stereocenters. The van der Waals surface area contributed by atoms with Crippen LogP contribution in [-0.2, 0) is 11.2 Å². The number of ether oxygens (including phenoxy) is 2. The van der Waals surface area contributed by atoms with Crippen LogP contribution in [0.5, 0.6) is 11.5 Å². The molecular formula is C20H24BrNO3. The van der Waals surface area contributed by atoms with E-state index in [1.54, 1.807) is 7.11 Å². The minimum atomic E-state index is -0.104. The van der Waals surface area contributed by atoms with Gasteiger partial charge in [-0.3, -0.25) is 4.79 Å². The Morgan fingerprint density at radius 3 is 2.32 bits per heavy atom. The number of hydrogen-bond acceptors (Lipinski definition) is 3. The van der Waals surface area contributed by atoms with Crippen molar-refractivity contribution in [3.63, 3.8) is 0 Å². The Labute approximate surface area is 157 Å². The molecule has 0 aromatic heterocycles. The molecule has 0 saturated carbocycles. The van der Waals surface area contributed by atoms with Gasteiger partial charge in [0.15, 0.2) is 6.61 Å². The second-order valence-corrected chi connectivity index (χ2v) is 6.75. The van der Waals surface area contributed by atoms with Gasteiger partial charge in [0, 0.05) is 11.0 Å². The lowest BCUT2D eigenvalue weighted by atomic mass is 10.1. The van der Waals surface area contributed by atoms with Gasteiger partial charge in [-0.15, -0.1) is 0 Å². The number of carbonyl (C=O) groups excluding carboxylic acids is 1. The molecule has 0 aliphatic carbocycles. The van der Waals surface area contributed by atoms with E-state index in [4.69, 9.17) is 9.47 Å². The van der Waals surface area contributed by atoms with Gasteiger partial charge in [0.2, 0.25) is 0 Å². The number of rotatable bonds is 8. The van der Waals surface area contributed by atoms with E-state index in [0.717, 1.165) is 34.2 Å². The minimum Gasteiger partial charge on any atom is -0.497 e. The molecule has 0 aliphatic rings. The first-order chi connectivity index (χ1) is 12.0. The Balaban J connectivity index is 1.68. The first-order valence-corrected chi connectivity index (χ1v) is 9.08. The number of nitrogens with one attached hydrogen (secondary N) is 1. The first kappa shape index (κ1) is 19.3. The minimum absolute atomic E-state index is 0.0308. The highest BCUT2D eigenvalue weighted by atomic mass is 79.9. The third-order valence-electron chi connectivity index (χ3n) is 3.90. The molecule has 4 nitrogen and oxygen atoms in total. The second kappa shape index (κ2) is 9.47. The summed E-state index contributed by atoms with van der Waals surface area (Å²) in [5.41, 5.74) is 3.41. The van der Waals surface area contributed by atoms with Crippen LogP contribution in [0, 0.1) is 13.8 Å². The molecule has 0 fully saturated rings. The summed E-state index contributed by atoms with van der Waals surface area (Å²) in [6.45, 7) is 4.67. The summed E-state index contributed by atoms with van der Waals surface area (Å²) >= 11 is 3.52. The SMILES string of the molecule is COc1ccc(CCCNC(=O)COc2cc(C)c(Br)c(C)c2)cc1. The van der Waals surface area contributed by atoms with Crippen molar-refractivity contribution < 1.29 is 14.3 Å². The van der Waals surface area contributed by atoms with Crippen LogP contribution in [0.15, 0.2) is 40.9 Å². The summed E-state index contributed by atoms with van der Waals surface area (Å²) in [5, 5.41) is 2.89. The molecule has 0 atom stereocenters. The van der Waals surface area contributed by atoms with E-state index < -0.39 is 0 Å². The molecule has 0 heterocycles. The molecule has 1 amide bonds. The Bertz CT molecular complexity index is 690. The zero-order chi connectivity index (χ0) is 18.2. The fourth-order valence-corrected chi connectivity index (χ4v) is 2.73. The predicted octanol–water partition coefficient (Wildman–Crippen LogP) is 4.20. The number of benzene rings is 2. The quantitative estimate of drug-likeness (QED) is 0.669. The maximum atomic E-state index is 11.9. The highest BCUT2D eigenvalue weighted by Gasteiger charge is 2.06. The third-order valence-corrected chi connectivity index (χ3v) is 5.15. The molecule has 25 heavy (non-hydrogen) atoms.